The minimum absolute atomic E-state index is 0.361. The van der Waals surface area contributed by atoms with E-state index in [0.717, 1.165) is 22.1 Å². The molecule has 0 bridgehead atoms. The van der Waals surface area contributed by atoms with E-state index < -0.39 is 5.97 Å². The second-order valence-electron chi connectivity index (χ2n) is 3.65. The predicted molar refractivity (Wildman–Crippen MR) is 62.2 cm³/mol. The highest BCUT2D eigenvalue weighted by Gasteiger charge is 2.11. The lowest BCUT2D eigenvalue weighted by atomic mass is 10.00. The highest BCUT2D eigenvalue weighted by molar-refractivity contribution is 6.05. The quantitative estimate of drug-likeness (QED) is 0.839. The van der Waals surface area contributed by atoms with Crippen molar-refractivity contribution in [2.45, 2.75) is 6.92 Å². The van der Waals surface area contributed by atoms with Crippen LogP contribution in [-0.2, 0) is 0 Å². The second-order valence-corrected chi connectivity index (χ2v) is 3.65. The fraction of sp³-hybridized carbons (Fsp3) is 0.154. The van der Waals surface area contributed by atoms with E-state index in [1.807, 2.05) is 18.2 Å². The average Bonchev–Trinajstić information content (AvgIpc) is 2.27. The molecular weight excluding hydrogens is 204 g/mol. The van der Waals surface area contributed by atoms with E-state index in [1.165, 1.54) is 0 Å². The van der Waals surface area contributed by atoms with Crippen molar-refractivity contribution in [3.05, 3.63) is 41.5 Å². The van der Waals surface area contributed by atoms with Gasteiger partial charge in [-0.2, -0.15) is 0 Å². The normalized spacial score (nSPS) is 10.4. The first kappa shape index (κ1) is 10.5. The Labute approximate surface area is 93.3 Å². The zero-order chi connectivity index (χ0) is 11.7. The van der Waals surface area contributed by atoms with Crippen LogP contribution in [0, 0.1) is 6.92 Å². The number of hydrogen-bond acceptors (Lipinski definition) is 2. The maximum absolute atomic E-state index is 11.2. The van der Waals surface area contributed by atoms with Crippen LogP contribution in [0.2, 0.25) is 0 Å². The van der Waals surface area contributed by atoms with Gasteiger partial charge in [0.25, 0.3) is 0 Å². The first-order valence-corrected chi connectivity index (χ1v) is 4.94. The van der Waals surface area contributed by atoms with Gasteiger partial charge in [0.05, 0.1) is 12.7 Å². The highest BCUT2D eigenvalue weighted by Crippen LogP contribution is 2.26. The first-order valence-electron chi connectivity index (χ1n) is 4.94. The Morgan fingerprint density at radius 2 is 2.00 bits per heavy atom. The lowest BCUT2D eigenvalue weighted by Crippen LogP contribution is -2.00. The van der Waals surface area contributed by atoms with Gasteiger partial charge in [0, 0.05) is 0 Å². The van der Waals surface area contributed by atoms with Gasteiger partial charge in [-0.25, -0.2) is 4.79 Å². The van der Waals surface area contributed by atoms with Gasteiger partial charge in [-0.15, -0.1) is 0 Å². The molecule has 2 aromatic carbocycles. The summed E-state index contributed by atoms with van der Waals surface area (Å²) in [5.74, 6) is -0.166. The van der Waals surface area contributed by atoms with E-state index >= 15 is 0 Å². The summed E-state index contributed by atoms with van der Waals surface area (Å²) in [5.41, 5.74) is 1.13. The van der Waals surface area contributed by atoms with Crippen molar-refractivity contribution in [3.63, 3.8) is 0 Å². The second kappa shape index (κ2) is 3.85. The van der Waals surface area contributed by atoms with Gasteiger partial charge >= 0.3 is 5.97 Å². The Bertz CT molecular complexity index is 558. The number of rotatable bonds is 2. The molecule has 0 fully saturated rings. The molecule has 0 amide bonds. The highest BCUT2D eigenvalue weighted by atomic mass is 16.5. The summed E-state index contributed by atoms with van der Waals surface area (Å²) < 4.78 is 5.11. The summed E-state index contributed by atoms with van der Waals surface area (Å²) in [4.78, 5) is 11.2. The number of carboxylic acids is 1. The molecule has 3 nitrogen and oxygen atoms in total. The van der Waals surface area contributed by atoms with Crippen LogP contribution in [-0.4, -0.2) is 18.2 Å². The number of hydrogen-bond donors (Lipinski definition) is 1. The molecule has 0 aromatic heterocycles. The predicted octanol–water partition coefficient (Wildman–Crippen LogP) is 2.86. The summed E-state index contributed by atoms with van der Waals surface area (Å²) in [6.45, 7) is 1.80. The molecule has 0 aliphatic rings. The van der Waals surface area contributed by atoms with Crippen LogP contribution in [0.1, 0.15) is 15.9 Å². The van der Waals surface area contributed by atoms with Crippen molar-refractivity contribution in [2.75, 3.05) is 7.11 Å². The number of carbonyl (C=O) groups is 1. The smallest absolute Gasteiger partial charge is 0.336 e. The number of ether oxygens (including phenoxy) is 1. The molecule has 0 aliphatic carbocycles. The monoisotopic (exact) mass is 216 g/mol. The summed E-state index contributed by atoms with van der Waals surface area (Å²) in [6.07, 6.45) is 0. The number of aryl methyl sites for hydroxylation is 1. The van der Waals surface area contributed by atoms with E-state index in [9.17, 15) is 4.79 Å². The van der Waals surface area contributed by atoms with E-state index in [-0.39, 0.29) is 0 Å². The van der Waals surface area contributed by atoms with Gasteiger partial charge in [0.2, 0.25) is 0 Å². The van der Waals surface area contributed by atoms with Gasteiger partial charge in [-0.05, 0) is 41.5 Å². The number of benzene rings is 2. The molecule has 1 N–H and O–H groups in total. The molecular formula is C13H12O3. The van der Waals surface area contributed by atoms with Crippen LogP contribution < -0.4 is 4.74 Å². The minimum Gasteiger partial charge on any atom is -0.497 e. The topological polar surface area (TPSA) is 46.5 Å². The van der Waals surface area contributed by atoms with E-state index in [1.54, 1.807) is 26.2 Å². The van der Waals surface area contributed by atoms with Gasteiger partial charge in [-0.1, -0.05) is 12.1 Å². The van der Waals surface area contributed by atoms with Crippen LogP contribution in [0.25, 0.3) is 10.8 Å². The van der Waals surface area contributed by atoms with Gasteiger partial charge < -0.3 is 9.84 Å². The molecule has 3 heteroatoms. The Morgan fingerprint density at radius 1 is 1.25 bits per heavy atom. The molecule has 0 spiro atoms. The van der Waals surface area contributed by atoms with Crippen LogP contribution in [0.5, 0.6) is 5.75 Å². The Balaban J connectivity index is 2.79. The summed E-state index contributed by atoms with van der Waals surface area (Å²) in [5, 5.41) is 10.8. The standard InChI is InChI=1S/C13H12O3/c1-8-3-4-9-7-10(16-2)5-6-11(9)12(8)13(14)15/h3-7H,1-2H3,(H,14,15). The van der Waals surface area contributed by atoms with Crippen LogP contribution in [0.15, 0.2) is 30.3 Å². The molecule has 2 aromatic rings. The molecule has 0 saturated carbocycles. The molecule has 0 saturated heterocycles. The number of aromatic carboxylic acids is 1. The van der Waals surface area contributed by atoms with Crippen molar-refractivity contribution in [3.8, 4) is 5.75 Å². The fourth-order valence-corrected chi connectivity index (χ4v) is 1.83. The molecule has 82 valence electrons. The molecule has 0 atom stereocenters. The van der Waals surface area contributed by atoms with E-state index in [0.29, 0.717) is 5.56 Å². The summed E-state index contributed by atoms with van der Waals surface area (Å²) in [6, 6.07) is 9.10. The molecule has 0 heterocycles. The minimum atomic E-state index is -0.895. The summed E-state index contributed by atoms with van der Waals surface area (Å²) in [7, 11) is 1.59. The third kappa shape index (κ3) is 1.60. The molecule has 2 rings (SSSR count). The molecule has 16 heavy (non-hydrogen) atoms. The zero-order valence-corrected chi connectivity index (χ0v) is 9.15. The van der Waals surface area contributed by atoms with Crippen molar-refractivity contribution >= 4 is 16.7 Å². The SMILES string of the molecule is COc1ccc2c(C(=O)O)c(C)ccc2c1. The van der Waals surface area contributed by atoms with E-state index in [2.05, 4.69) is 0 Å². The maximum Gasteiger partial charge on any atom is 0.336 e. The number of carboxylic acid groups (broad SMARTS) is 1. The largest absolute Gasteiger partial charge is 0.497 e. The zero-order valence-electron chi connectivity index (χ0n) is 9.15. The Morgan fingerprint density at radius 3 is 2.62 bits per heavy atom. The number of methoxy groups -OCH3 is 1. The third-order valence-electron chi connectivity index (χ3n) is 2.65. The van der Waals surface area contributed by atoms with Crippen LogP contribution in [0.3, 0.4) is 0 Å². The fourth-order valence-electron chi connectivity index (χ4n) is 1.83. The molecule has 0 radical (unpaired) electrons. The van der Waals surface area contributed by atoms with Crippen molar-refractivity contribution in [1.82, 2.24) is 0 Å². The molecule has 0 unspecified atom stereocenters. The van der Waals surface area contributed by atoms with Crippen LogP contribution >= 0.6 is 0 Å². The van der Waals surface area contributed by atoms with E-state index in [4.69, 9.17) is 9.84 Å². The van der Waals surface area contributed by atoms with Gasteiger partial charge in [0.1, 0.15) is 5.75 Å². The van der Waals surface area contributed by atoms with Crippen molar-refractivity contribution in [1.29, 1.82) is 0 Å². The first-order chi connectivity index (χ1) is 7.63. The van der Waals surface area contributed by atoms with Gasteiger partial charge in [0.15, 0.2) is 0 Å². The third-order valence-corrected chi connectivity index (χ3v) is 2.65. The Kier molecular flexibility index (Phi) is 2.52. The maximum atomic E-state index is 11.2. The number of fused-ring (bicyclic) bond motifs is 1. The lowest BCUT2D eigenvalue weighted by Gasteiger charge is -2.07. The molecule has 0 aliphatic heterocycles. The lowest BCUT2D eigenvalue weighted by molar-refractivity contribution is 0.0698. The average molecular weight is 216 g/mol. The van der Waals surface area contributed by atoms with Crippen molar-refractivity contribution < 1.29 is 14.6 Å². The van der Waals surface area contributed by atoms with Crippen molar-refractivity contribution in [2.24, 2.45) is 0 Å². The Hall–Kier alpha value is -2.03. The van der Waals surface area contributed by atoms with Gasteiger partial charge in [-0.3, -0.25) is 0 Å². The van der Waals surface area contributed by atoms with Crippen LogP contribution in [0.4, 0.5) is 0 Å². The summed E-state index contributed by atoms with van der Waals surface area (Å²) >= 11 is 0.